The van der Waals surface area contributed by atoms with Gasteiger partial charge in [-0.2, -0.15) is 0 Å². The molecule has 0 fully saturated rings. The van der Waals surface area contributed by atoms with Gasteiger partial charge < -0.3 is 14.5 Å². The first-order valence-electron chi connectivity index (χ1n) is 6.37. The molecule has 94 valence electrons. The fraction of sp³-hybridized carbons (Fsp3) is 0.333. The van der Waals surface area contributed by atoms with E-state index >= 15 is 0 Å². The summed E-state index contributed by atoms with van der Waals surface area (Å²) in [7, 11) is 0. The minimum absolute atomic E-state index is 0.238. The lowest BCUT2D eigenvalue weighted by Gasteiger charge is -2.14. The summed E-state index contributed by atoms with van der Waals surface area (Å²) >= 11 is 0. The normalized spacial score (nSPS) is 18.8. The molecule has 0 spiro atoms. The van der Waals surface area contributed by atoms with Crippen LogP contribution in [0.25, 0.3) is 0 Å². The molecule has 1 unspecified atom stereocenters. The second kappa shape index (κ2) is 5.27. The van der Waals surface area contributed by atoms with Crippen LogP contribution in [0.4, 0.5) is 5.69 Å². The van der Waals surface area contributed by atoms with Gasteiger partial charge in [0.25, 0.3) is 0 Å². The molecule has 1 N–H and O–H groups in total. The first kappa shape index (κ1) is 11.4. The van der Waals surface area contributed by atoms with E-state index in [-0.39, 0.29) is 6.10 Å². The number of benzene rings is 1. The average Bonchev–Trinajstić information content (AvgIpc) is 2.84. The monoisotopic (exact) mass is 243 g/mol. The second-order valence-corrected chi connectivity index (χ2v) is 4.59. The fourth-order valence-corrected chi connectivity index (χ4v) is 2.29. The van der Waals surface area contributed by atoms with Crippen LogP contribution in [-0.2, 0) is 17.8 Å². The van der Waals surface area contributed by atoms with Crippen molar-refractivity contribution >= 4 is 5.69 Å². The van der Waals surface area contributed by atoms with Crippen molar-refractivity contribution in [3.8, 4) is 0 Å². The Labute approximate surface area is 107 Å². The standard InChI is InChI=1S/C15H17NO2/c1-2-6-15-12(4-1)7-8-13(10-16-15)18-11-14-5-3-9-17-14/h1-6,9,13,16H,7-8,10-11H2. The average molecular weight is 243 g/mol. The van der Waals surface area contributed by atoms with Gasteiger partial charge in [-0.05, 0) is 36.6 Å². The first-order chi connectivity index (χ1) is 8.92. The van der Waals surface area contributed by atoms with Crippen LogP contribution < -0.4 is 5.32 Å². The highest BCUT2D eigenvalue weighted by Crippen LogP contribution is 2.22. The van der Waals surface area contributed by atoms with Gasteiger partial charge in [-0.1, -0.05) is 18.2 Å². The molecule has 0 saturated carbocycles. The number of fused-ring (bicyclic) bond motifs is 1. The highest BCUT2D eigenvalue weighted by atomic mass is 16.5. The van der Waals surface area contributed by atoms with E-state index < -0.39 is 0 Å². The Hall–Kier alpha value is -1.74. The van der Waals surface area contributed by atoms with Crippen molar-refractivity contribution in [1.29, 1.82) is 0 Å². The minimum Gasteiger partial charge on any atom is -0.467 e. The van der Waals surface area contributed by atoms with E-state index in [1.807, 2.05) is 12.1 Å². The quantitative estimate of drug-likeness (QED) is 0.898. The lowest BCUT2D eigenvalue weighted by atomic mass is 10.1. The van der Waals surface area contributed by atoms with Crippen molar-refractivity contribution in [2.75, 3.05) is 11.9 Å². The predicted octanol–water partition coefficient (Wildman–Crippen LogP) is 3.22. The fourth-order valence-electron chi connectivity index (χ4n) is 2.29. The Kier molecular flexibility index (Phi) is 3.33. The lowest BCUT2D eigenvalue weighted by molar-refractivity contribution is 0.0350. The highest BCUT2D eigenvalue weighted by molar-refractivity contribution is 5.52. The Balaban J connectivity index is 1.58. The van der Waals surface area contributed by atoms with Gasteiger partial charge in [-0.25, -0.2) is 0 Å². The molecule has 2 heterocycles. The summed E-state index contributed by atoms with van der Waals surface area (Å²) in [6.45, 7) is 1.41. The number of hydrogen-bond acceptors (Lipinski definition) is 3. The summed E-state index contributed by atoms with van der Waals surface area (Å²) in [6, 6.07) is 12.3. The highest BCUT2D eigenvalue weighted by Gasteiger charge is 2.16. The van der Waals surface area contributed by atoms with Crippen LogP contribution >= 0.6 is 0 Å². The number of ether oxygens (including phenoxy) is 1. The van der Waals surface area contributed by atoms with E-state index in [1.54, 1.807) is 6.26 Å². The maximum atomic E-state index is 5.88. The van der Waals surface area contributed by atoms with Crippen LogP contribution in [0, 0.1) is 0 Å². The molecule has 0 radical (unpaired) electrons. The number of para-hydroxylation sites is 1. The second-order valence-electron chi connectivity index (χ2n) is 4.59. The summed E-state index contributed by atoms with van der Waals surface area (Å²) in [4.78, 5) is 0. The summed E-state index contributed by atoms with van der Waals surface area (Å²) in [5.74, 6) is 0.886. The molecule has 2 aromatic rings. The van der Waals surface area contributed by atoms with E-state index in [2.05, 4.69) is 29.6 Å². The van der Waals surface area contributed by atoms with Crippen molar-refractivity contribution < 1.29 is 9.15 Å². The molecule has 0 bridgehead atoms. The molecule has 1 aliphatic rings. The topological polar surface area (TPSA) is 34.4 Å². The van der Waals surface area contributed by atoms with Crippen molar-refractivity contribution in [2.24, 2.45) is 0 Å². The van der Waals surface area contributed by atoms with Crippen molar-refractivity contribution in [3.05, 3.63) is 54.0 Å². The molecule has 1 aromatic heterocycles. The van der Waals surface area contributed by atoms with Gasteiger partial charge in [0.15, 0.2) is 0 Å². The molecular weight excluding hydrogens is 226 g/mol. The minimum atomic E-state index is 0.238. The van der Waals surface area contributed by atoms with Gasteiger partial charge in [0.1, 0.15) is 12.4 Å². The molecule has 1 aliphatic heterocycles. The van der Waals surface area contributed by atoms with Gasteiger partial charge >= 0.3 is 0 Å². The van der Waals surface area contributed by atoms with E-state index in [1.165, 1.54) is 11.3 Å². The third-order valence-electron chi connectivity index (χ3n) is 3.31. The zero-order valence-electron chi connectivity index (χ0n) is 10.3. The number of rotatable bonds is 3. The van der Waals surface area contributed by atoms with Gasteiger partial charge in [-0.3, -0.25) is 0 Å². The molecule has 0 aliphatic carbocycles. The van der Waals surface area contributed by atoms with E-state index in [9.17, 15) is 0 Å². The van der Waals surface area contributed by atoms with Crippen LogP contribution in [0.2, 0.25) is 0 Å². The number of hydrogen-bond donors (Lipinski definition) is 1. The largest absolute Gasteiger partial charge is 0.467 e. The molecular formula is C15H17NO2. The smallest absolute Gasteiger partial charge is 0.129 e. The van der Waals surface area contributed by atoms with Gasteiger partial charge in [0.05, 0.1) is 12.4 Å². The molecule has 3 heteroatoms. The van der Waals surface area contributed by atoms with Crippen molar-refractivity contribution in [3.63, 3.8) is 0 Å². The molecule has 3 rings (SSSR count). The molecule has 0 saturated heterocycles. The van der Waals surface area contributed by atoms with Crippen LogP contribution in [-0.4, -0.2) is 12.6 Å². The third kappa shape index (κ3) is 2.57. The maximum Gasteiger partial charge on any atom is 0.129 e. The number of furan rings is 1. The maximum absolute atomic E-state index is 5.88. The summed E-state index contributed by atoms with van der Waals surface area (Å²) in [5, 5.41) is 3.45. The zero-order valence-corrected chi connectivity index (χ0v) is 10.3. The lowest BCUT2D eigenvalue weighted by Crippen LogP contribution is -2.21. The molecule has 0 amide bonds. The summed E-state index contributed by atoms with van der Waals surface area (Å²) in [6.07, 6.45) is 4.03. The Morgan fingerprint density at radius 3 is 3.06 bits per heavy atom. The Morgan fingerprint density at radius 2 is 2.17 bits per heavy atom. The summed E-state index contributed by atoms with van der Waals surface area (Å²) < 4.78 is 11.2. The number of anilines is 1. The summed E-state index contributed by atoms with van der Waals surface area (Å²) in [5.41, 5.74) is 2.61. The first-order valence-corrected chi connectivity index (χ1v) is 6.37. The number of aryl methyl sites for hydroxylation is 1. The zero-order chi connectivity index (χ0) is 12.2. The van der Waals surface area contributed by atoms with E-state index in [0.717, 1.165) is 25.1 Å². The molecule has 1 aromatic carbocycles. The molecule has 1 atom stereocenters. The van der Waals surface area contributed by atoms with Crippen LogP contribution in [0.5, 0.6) is 0 Å². The van der Waals surface area contributed by atoms with Gasteiger partial charge in [-0.15, -0.1) is 0 Å². The van der Waals surface area contributed by atoms with Gasteiger partial charge in [0, 0.05) is 12.2 Å². The Bertz CT molecular complexity index is 463. The van der Waals surface area contributed by atoms with Crippen LogP contribution in [0.1, 0.15) is 17.7 Å². The van der Waals surface area contributed by atoms with Crippen LogP contribution in [0.15, 0.2) is 47.1 Å². The van der Waals surface area contributed by atoms with E-state index in [0.29, 0.717) is 6.61 Å². The Morgan fingerprint density at radius 1 is 1.22 bits per heavy atom. The third-order valence-corrected chi connectivity index (χ3v) is 3.31. The van der Waals surface area contributed by atoms with Gasteiger partial charge in [0.2, 0.25) is 0 Å². The van der Waals surface area contributed by atoms with Crippen molar-refractivity contribution in [2.45, 2.75) is 25.6 Å². The number of nitrogens with one attached hydrogen (secondary N) is 1. The molecule has 18 heavy (non-hydrogen) atoms. The predicted molar refractivity (Wildman–Crippen MR) is 70.5 cm³/mol. The van der Waals surface area contributed by atoms with E-state index in [4.69, 9.17) is 9.15 Å². The molecule has 3 nitrogen and oxygen atoms in total. The van der Waals surface area contributed by atoms with Crippen LogP contribution in [0.3, 0.4) is 0 Å². The van der Waals surface area contributed by atoms with Crippen molar-refractivity contribution in [1.82, 2.24) is 0 Å². The SMILES string of the molecule is c1coc(COC2CCc3ccccc3NC2)c1.